The van der Waals surface area contributed by atoms with Crippen LogP contribution in [0.3, 0.4) is 0 Å². The molecule has 1 aliphatic heterocycles. The highest BCUT2D eigenvalue weighted by molar-refractivity contribution is 6.07. The van der Waals surface area contributed by atoms with Crippen LogP contribution in [0.15, 0.2) is 47.6 Å². The molecule has 0 saturated carbocycles. The van der Waals surface area contributed by atoms with E-state index < -0.39 is 66.2 Å². The van der Waals surface area contributed by atoms with Crippen LogP contribution >= 0.6 is 0 Å². The van der Waals surface area contributed by atoms with Gasteiger partial charge in [0.05, 0.1) is 42.5 Å². The molecule has 2 amide bonds. The molecule has 0 spiro atoms. The van der Waals surface area contributed by atoms with Crippen molar-refractivity contribution in [2.24, 2.45) is 16.5 Å². The van der Waals surface area contributed by atoms with Crippen LogP contribution < -0.4 is 22.1 Å². The molecular formula is C26H22F7N7O5. The second-order valence-electron chi connectivity index (χ2n) is 9.74. The summed E-state index contributed by atoms with van der Waals surface area (Å²) < 4.78 is 96.2. The fraction of sp³-hybridized carbons (Fsp3) is 0.308. The molecule has 2 unspecified atom stereocenters. The molecule has 6 N–H and O–H groups in total. The number of hydrogen-bond donors (Lipinski definition) is 4. The second-order valence-corrected chi connectivity index (χ2v) is 9.74. The van der Waals surface area contributed by atoms with Crippen LogP contribution in [0.4, 0.5) is 36.4 Å². The van der Waals surface area contributed by atoms with Gasteiger partial charge < -0.3 is 26.8 Å². The number of esters is 2. The number of guanidine groups is 1. The molecular weight excluding hydrogens is 623 g/mol. The zero-order valence-corrected chi connectivity index (χ0v) is 22.6. The molecule has 2 heterocycles. The van der Waals surface area contributed by atoms with Gasteiger partial charge in [0.2, 0.25) is 11.8 Å². The molecule has 0 bridgehead atoms. The van der Waals surface area contributed by atoms with Gasteiger partial charge in [0.25, 0.3) is 0 Å². The number of fused-ring (bicyclic) bond motifs is 1. The zero-order chi connectivity index (χ0) is 33.3. The predicted octanol–water partition coefficient (Wildman–Crippen LogP) is 2.70. The highest BCUT2D eigenvalue weighted by atomic mass is 19.4. The lowest BCUT2D eigenvalue weighted by molar-refractivity contribution is -0.202. The maximum atomic E-state index is 13.5. The van der Waals surface area contributed by atoms with E-state index in [9.17, 15) is 49.9 Å². The highest BCUT2D eigenvalue weighted by Crippen LogP contribution is 2.38. The summed E-state index contributed by atoms with van der Waals surface area (Å²) in [5.41, 5.74) is 9.72. The highest BCUT2D eigenvalue weighted by Gasteiger charge is 2.43. The summed E-state index contributed by atoms with van der Waals surface area (Å²) in [7, 11) is 0. The van der Waals surface area contributed by atoms with Crippen molar-refractivity contribution in [1.29, 1.82) is 0 Å². The number of primary amides is 2. The number of hydrogen-bond acceptors (Lipinski definition) is 9. The van der Waals surface area contributed by atoms with Gasteiger partial charge in [-0.25, -0.2) is 14.2 Å². The van der Waals surface area contributed by atoms with E-state index in [0.717, 1.165) is 16.8 Å². The SMILES string of the molecule is NC(=O)c1cc(NC2=NCC(F)CN2)c2cnn(C(C(N)=O)[C@@H](CC(=O)OC(=O)C(F)(F)F)c3ccc(C(F)(F)F)cc3)c2c1. The van der Waals surface area contributed by atoms with Crippen molar-refractivity contribution >= 4 is 46.3 Å². The van der Waals surface area contributed by atoms with Gasteiger partial charge in [-0.1, -0.05) is 12.1 Å². The van der Waals surface area contributed by atoms with E-state index in [2.05, 4.69) is 25.5 Å². The van der Waals surface area contributed by atoms with Crippen molar-refractivity contribution in [1.82, 2.24) is 15.1 Å². The van der Waals surface area contributed by atoms with E-state index in [-0.39, 0.29) is 46.8 Å². The first-order chi connectivity index (χ1) is 21.0. The number of halogens is 7. The zero-order valence-electron chi connectivity index (χ0n) is 22.6. The third kappa shape index (κ3) is 7.47. The molecule has 1 aromatic heterocycles. The number of alkyl halides is 7. The van der Waals surface area contributed by atoms with E-state index in [1.165, 1.54) is 18.3 Å². The number of nitrogens with one attached hydrogen (secondary N) is 2. The summed E-state index contributed by atoms with van der Waals surface area (Å²) in [6.07, 6.45) is -11.6. The Morgan fingerprint density at radius 3 is 2.27 bits per heavy atom. The Balaban J connectivity index is 1.84. The minimum absolute atomic E-state index is 0.0472. The molecule has 0 aliphatic carbocycles. The first-order valence-electron chi connectivity index (χ1n) is 12.7. The minimum atomic E-state index is -5.56. The van der Waals surface area contributed by atoms with Crippen LogP contribution in [0.1, 0.15) is 39.9 Å². The second kappa shape index (κ2) is 12.4. The maximum absolute atomic E-state index is 13.5. The number of rotatable bonds is 8. The van der Waals surface area contributed by atoms with Gasteiger partial charge in [-0.2, -0.15) is 31.4 Å². The van der Waals surface area contributed by atoms with Crippen LogP contribution in [0.25, 0.3) is 10.9 Å². The van der Waals surface area contributed by atoms with Crippen LogP contribution in [0.2, 0.25) is 0 Å². The molecule has 4 rings (SSSR count). The van der Waals surface area contributed by atoms with Crippen molar-refractivity contribution in [3.8, 4) is 0 Å². The lowest BCUT2D eigenvalue weighted by atomic mass is 9.87. The third-order valence-corrected chi connectivity index (χ3v) is 6.62. The summed E-state index contributed by atoms with van der Waals surface area (Å²) in [6.45, 7) is -0.270. The summed E-state index contributed by atoms with van der Waals surface area (Å²) in [5, 5.41) is 9.83. The van der Waals surface area contributed by atoms with Gasteiger partial charge in [0.1, 0.15) is 12.2 Å². The number of anilines is 1. The molecule has 0 saturated heterocycles. The van der Waals surface area contributed by atoms with Crippen molar-refractivity contribution in [2.45, 2.75) is 36.9 Å². The lowest BCUT2D eigenvalue weighted by Gasteiger charge is -2.26. The molecule has 1 aliphatic rings. The van der Waals surface area contributed by atoms with E-state index in [4.69, 9.17) is 11.5 Å². The maximum Gasteiger partial charge on any atom is 0.491 e. The largest absolute Gasteiger partial charge is 0.491 e. The first kappa shape index (κ1) is 32.7. The molecule has 0 fully saturated rings. The fourth-order valence-electron chi connectivity index (χ4n) is 4.54. The Kier molecular flexibility index (Phi) is 9.01. The van der Waals surface area contributed by atoms with Crippen LogP contribution in [0.5, 0.6) is 0 Å². The van der Waals surface area contributed by atoms with E-state index in [1.54, 1.807) is 0 Å². The van der Waals surface area contributed by atoms with Crippen LogP contribution in [-0.4, -0.2) is 64.9 Å². The minimum Gasteiger partial charge on any atom is -0.386 e. The van der Waals surface area contributed by atoms with Gasteiger partial charge >= 0.3 is 24.3 Å². The summed E-state index contributed by atoms with van der Waals surface area (Å²) in [5.74, 6) is -8.41. The average molecular weight is 645 g/mol. The Labute approximate surface area is 247 Å². The summed E-state index contributed by atoms with van der Waals surface area (Å²) in [6, 6.07) is 3.56. The van der Waals surface area contributed by atoms with Crippen LogP contribution in [0, 0.1) is 0 Å². The fourth-order valence-corrected chi connectivity index (χ4v) is 4.54. The molecule has 45 heavy (non-hydrogen) atoms. The predicted molar refractivity (Wildman–Crippen MR) is 141 cm³/mol. The van der Waals surface area contributed by atoms with E-state index in [0.29, 0.717) is 12.1 Å². The van der Waals surface area contributed by atoms with E-state index in [1.807, 2.05) is 0 Å². The standard InChI is InChI=1S/C26H22F7N7O5/c27-14-8-36-24(37-9-14)39-17-5-12(21(34)42)6-18-16(17)10-38-40(18)20(22(35)43)15(7-19(41)45-23(44)26(31,32)33)11-1-3-13(4-2-11)25(28,29)30/h1-6,10,14-15,20H,7-9H2,(H2,34,42)(H2,35,43)(H2,36,37,39)/t15-,20?/m0/s1. The number of nitrogens with two attached hydrogens (primary N) is 2. The van der Waals surface area contributed by atoms with E-state index >= 15 is 0 Å². The molecule has 3 atom stereocenters. The van der Waals surface area contributed by atoms with Gasteiger partial charge in [0, 0.05) is 16.9 Å². The molecule has 240 valence electrons. The van der Waals surface area contributed by atoms with Crippen LogP contribution in [-0.2, 0) is 25.3 Å². The van der Waals surface area contributed by atoms with Gasteiger partial charge in [-0.05, 0) is 29.8 Å². The van der Waals surface area contributed by atoms with Gasteiger partial charge in [-0.3, -0.25) is 19.1 Å². The smallest absolute Gasteiger partial charge is 0.386 e. The number of benzene rings is 2. The average Bonchev–Trinajstić information content (AvgIpc) is 3.36. The van der Waals surface area contributed by atoms with Crippen molar-refractivity contribution in [3.05, 3.63) is 59.3 Å². The number of aromatic nitrogens is 2. The molecule has 2 aromatic carbocycles. The number of amides is 2. The molecule has 3 aromatic rings. The molecule has 12 nitrogen and oxygen atoms in total. The van der Waals surface area contributed by atoms with Gasteiger partial charge in [0.15, 0.2) is 5.96 Å². The Morgan fingerprint density at radius 2 is 1.73 bits per heavy atom. The topological polar surface area (TPSA) is 184 Å². The number of nitrogens with zero attached hydrogens (tertiary/aromatic N) is 3. The monoisotopic (exact) mass is 645 g/mol. The van der Waals surface area contributed by atoms with Crippen molar-refractivity contribution < 1.29 is 54.6 Å². The number of carbonyl (C=O) groups is 4. The summed E-state index contributed by atoms with van der Waals surface area (Å²) >= 11 is 0. The van der Waals surface area contributed by atoms with Crippen molar-refractivity contribution in [2.75, 3.05) is 18.4 Å². The quantitative estimate of drug-likeness (QED) is 0.164. The van der Waals surface area contributed by atoms with Crippen molar-refractivity contribution in [3.63, 3.8) is 0 Å². The summed E-state index contributed by atoms with van der Waals surface area (Å²) in [4.78, 5) is 52.8. The number of ether oxygens (including phenoxy) is 1. The first-order valence-corrected chi connectivity index (χ1v) is 12.7. The number of carbonyl (C=O) groups excluding carboxylic acids is 4. The Morgan fingerprint density at radius 1 is 1.07 bits per heavy atom. The number of aliphatic imine (C=N–C) groups is 1. The molecule has 19 heteroatoms. The Hall–Kier alpha value is -5.23. The lowest BCUT2D eigenvalue weighted by Crippen LogP contribution is -2.41. The molecule has 0 radical (unpaired) electrons. The Bertz CT molecular complexity index is 1670. The normalized spacial score (nSPS) is 16.7. The van der Waals surface area contributed by atoms with Gasteiger partial charge in [-0.15, -0.1) is 0 Å². The third-order valence-electron chi connectivity index (χ3n) is 6.62.